The molecule has 1 amide bonds. The molecule has 25 heavy (non-hydrogen) atoms. The number of fused-ring (bicyclic) bond motifs is 2. The summed E-state index contributed by atoms with van der Waals surface area (Å²) in [4.78, 5) is 28.9. The molecular weight excluding hydrogens is 346 g/mol. The van der Waals surface area contributed by atoms with E-state index < -0.39 is 11.5 Å². The minimum atomic E-state index is -0.510. The fraction of sp³-hybridized carbons (Fsp3) is 0.118. The number of carbonyl (C=O) groups is 1. The third-order valence-corrected chi connectivity index (χ3v) is 4.02. The Morgan fingerprint density at radius 3 is 2.96 bits per heavy atom. The van der Waals surface area contributed by atoms with Crippen molar-refractivity contribution >= 4 is 23.2 Å². The van der Waals surface area contributed by atoms with Crippen molar-refractivity contribution in [1.82, 2.24) is 14.7 Å². The third kappa shape index (κ3) is 2.89. The summed E-state index contributed by atoms with van der Waals surface area (Å²) in [5, 5.41) is 3.09. The lowest BCUT2D eigenvalue weighted by Gasteiger charge is -2.07. The molecule has 2 aromatic heterocycles. The van der Waals surface area contributed by atoms with Gasteiger partial charge in [-0.2, -0.15) is 0 Å². The van der Waals surface area contributed by atoms with Crippen LogP contribution in [-0.4, -0.2) is 22.1 Å². The van der Waals surface area contributed by atoms with Crippen LogP contribution in [0.15, 0.2) is 47.5 Å². The highest BCUT2D eigenvalue weighted by Crippen LogP contribution is 2.32. The van der Waals surface area contributed by atoms with Crippen LogP contribution in [0.1, 0.15) is 15.9 Å². The zero-order valence-electron chi connectivity index (χ0n) is 12.9. The highest BCUT2D eigenvalue weighted by atomic mass is 35.5. The first-order chi connectivity index (χ1) is 12.1. The van der Waals surface area contributed by atoms with Gasteiger partial charge in [0.25, 0.3) is 11.5 Å². The van der Waals surface area contributed by atoms with Crippen LogP contribution in [0.5, 0.6) is 11.5 Å². The lowest BCUT2D eigenvalue weighted by atomic mass is 10.2. The van der Waals surface area contributed by atoms with Gasteiger partial charge in [0.05, 0.1) is 5.02 Å². The van der Waals surface area contributed by atoms with Crippen LogP contribution in [-0.2, 0) is 6.54 Å². The average Bonchev–Trinajstić information content (AvgIpc) is 3.08. The van der Waals surface area contributed by atoms with E-state index in [2.05, 4.69) is 10.3 Å². The number of nitrogens with one attached hydrogen (secondary N) is 1. The summed E-state index contributed by atoms with van der Waals surface area (Å²) >= 11 is 5.90. The van der Waals surface area contributed by atoms with Crippen LogP contribution in [0.2, 0.25) is 5.02 Å². The molecule has 1 aromatic carbocycles. The van der Waals surface area contributed by atoms with Gasteiger partial charge in [0.2, 0.25) is 6.79 Å². The van der Waals surface area contributed by atoms with Gasteiger partial charge in [-0.25, -0.2) is 4.98 Å². The second-order valence-electron chi connectivity index (χ2n) is 5.42. The van der Waals surface area contributed by atoms with E-state index in [0.29, 0.717) is 22.2 Å². The third-order valence-electron chi connectivity index (χ3n) is 3.80. The van der Waals surface area contributed by atoms with Crippen molar-refractivity contribution in [1.29, 1.82) is 0 Å². The average molecular weight is 358 g/mol. The summed E-state index contributed by atoms with van der Waals surface area (Å²) in [6.45, 7) is 0.431. The summed E-state index contributed by atoms with van der Waals surface area (Å²) in [7, 11) is 0. The van der Waals surface area contributed by atoms with E-state index >= 15 is 0 Å². The Balaban J connectivity index is 1.56. The lowest BCUT2D eigenvalue weighted by molar-refractivity contribution is 0.0948. The maximum atomic E-state index is 12.5. The van der Waals surface area contributed by atoms with Gasteiger partial charge in [-0.05, 0) is 29.8 Å². The summed E-state index contributed by atoms with van der Waals surface area (Å²) < 4.78 is 11.8. The Labute approximate surface area is 146 Å². The molecule has 1 N–H and O–H groups in total. The predicted octanol–water partition coefficient (Wildman–Crippen LogP) is 2.01. The monoisotopic (exact) mass is 357 g/mol. The first kappa shape index (κ1) is 15.5. The van der Waals surface area contributed by atoms with E-state index in [1.165, 1.54) is 16.8 Å². The molecule has 1 aliphatic rings. The van der Waals surface area contributed by atoms with E-state index in [-0.39, 0.29) is 18.9 Å². The first-order valence-electron chi connectivity index (χ1n) is 7.45. The van der Waals surface area contributed by atoms with E-state index in [4.69, 9.17) is 21.1 Å². The number of nitrogens with zero attached hydrogens (tertiary/aromatic N) is 2. The van der Waals surface area contributed by atoms with Crippen molar-refractivity contribution < 1.29 is 14.3 Å². The van der Waals surface area contributed by atoms with Crippen LogP contribution in [0.3, 0.4) is 0 Å². The summed E-state index contributed by atoms with van der Waals surface area (Å²) in [6, 6.07) is 8.62. The van der Waals surface area contributed by atoms with Gasteiger partial charge >= 0.3 is 0 Å². The standard InChI is InChI=1S/C17H12ClN3O4/c18-11-2-4-15-19-7-12(17(23)21(15)8-11)16(22)20-6-10-1-3-13-14(5-10)25-9-24-13/h1-5,7-8H,6,9H2,(H,20,22). The normalized spacial score (nSPS) is 12.4. The molecule has 3 aromatic rings. The SMILES string of the molecule is O=C(NCc1ccc2c(c1)OCO2)c1cnc2ccc(Cl)cn2c1=O. The molecule has 0 radical (unpaired) electrons. The number of hydrogen-bond acceptors (Lipinski definition) is 5. The fourth-order valence-corrected chi connectivity index (χ4v) is 2.70. The van der Waals surface area contributed by atoms with Gasteiger partial charge in [0, 0.05) is 18.9 Å². The molecule has 1 aliphatic heterocycles. The van der Waals surface area contributed by atoms with Gasteiger partial charge in [-0.15, -0.1) is 0 Å². The topological polar surface area (TPSA) is 81.9 Å². The van der Waals surface area contributed by atoms with Crippen molar-refractivity contribution in [2.75, 3.05) is 6.79 Å². The van der Waals surface area contributed by atoms with E-state index in [0.717, 1.165) is 5.56 Å². The number of aromatic nitrogens is 2. The molecule has 0 fully saturated rings. The molecule has 4 rings (SSSR count). The number of halogens is 1. The second-order valence-corrected chi connectivity index (χ2v) is 5.86. The quantitative estimate of drug-likeness (QED) is 0.775. The summed E-state index contributed by atoms with van der Waals surface area (Å²) in [5.41, 5.74) is 0.715. The Kier molecular flexibility index (Phi) is 3.77. The molecule has 0 saturated carbocycles. The van der Waals surface area contributed by atoms with Crippen LogP contribution in [0, 0.1) is 0 Å². The summed E-state index contributed by atoms with van der Waals surface area (Å²) in [5.74, 6) is 0.794. The van der Waals surface area contributed by atoms with Crippen molar-refractivity contribution in [2.24, 2.45) is 0 Å². The highest BCUT2D eigenvalue weighted by Gasteiger charge is 2.15. The van der Waals surface area contributed by atoms with Crippen molar-refractivity contribution in [3.05, 3.63) is 69.2 Å². The van der Waals surface area contributed by atoms with Crippen molar-refractivity contribution in [3.8, 4) is 11.5 Å². The Bertz CT molecular complexity index is 1050. The number of rotatable bonds is 3. The number of benzene rings is 1. The van der Waals surface area contributed by atoms with Gasteiger partial charge in [-0.1, -0.05) is 17.7 Å². The van der Waals surface area contributed by atoms with Gasteiger partial charge < -0.3 is 14.8 Å². The number of hydrogen-bond donors (Lipinski definition) is 1. The number of pyridine rings is 1. The second kappa shape index (κ2) is 6.10. The molecular formula is C17H12ClN3O4. The van der Waals surface area contributed by atoms with Crippen LogP contribution >= 0.6 is 11.6 Å². The molecule has 0 bridgehead atoms. The smallest absolute Gasteiger partial charge is 0.270 e. The molecule has 3 heterocycles. The van der Waals surface area contributed by atoms with E-state index in [1.807, 2.05) is 6.07 Å². The van der Waals surface area contributed by atoms with Crippen molar-refractivity contribution in [3.63, 3.8) is 0 Å². The van der Waals surface area contributed by atoms with Crippen LogP contribution in [0.4, 0.5) is 0 Å². The largest absolute Gasteiger partial charge is 0.454 e. The molecule has 0 atom stereocenters. The highest BCUT2D eigenvalue weighted by molar-refractivity contribution is 6.30. The van der Waals surface area contributed by atoms with Gasteiger partial charge in [-0.3, -0.25) is 14.0 Å². The van der Waals surface area contributed by atoms with Crippen LogP contribution < -0.4 is 20.3 Å². The Hall–Kier alpha value is -3.06. The Morgan fingerprint density at radius 1 is 1.24 bits per heavy atom. The molecule has 0 unspecified atom stereocenters. The van der Waals surface area contributed by atoms with E-state index in [9.17, 15) is 9.59 Å². The van der Waals surface area contributed by atoms with Gasteiger partial charge in [0.1, 0.15) is 11.2 Å². The zero-order chi connectivity index (χ0) is 17.4. The zero-order valence-corrected chi connectivity index (χ0v) is 13.6. The fourth-order valence-electron chi connectivity index (χ4n) is 2.53. The maximum absolute atomic E-state index is 12.5. The number of carbonyl (C=O) groups excluding carboxylic acids is 1. The maximum Gasteiger partial charge on any atom is 0.270 e. The molecule has 0 spiro atoms. The lowest BCUT2D eigenvalue weighted by Crippen LogP contribution is -2.31. The Morgan fingerprint density at radius 2 is 2.08 bits per heavy atom. The molecule has 0 saturated heterocycles. The minimum absolute atomic E-state index is 0.0551. The molecule has 8 heteroatoms. The number of ether oxygens (including phenoxy) is 2. The number of amides is 1. The minimum Gasteiger partial charge on any atom is -0.454 e. The molecule has 0 aliphatic carbocycles. The van der Waals surface area contributed by atoms with Crippen LogP contribution in [0.25, 0.3) is 5.65 Å². The predicted molar refractivity (Wildman–Crippen MR) is 90.2 cm³/mol. The summed E-state index contributed by atoms with van der Waals surface area (Å²) in [6.07, 6.45) is 2.70. The molecule has 7 nitrogen and oxygen atoms in total. The van der Waals surface area contributed by atoms with Crippen molar-refractivity contribution in [2.45, 2.75) is 6.54 Å². The van der Waals surface area contributed by atoms with Gasteiger partial charge in [0.15, 0.2) is 11.5 Å². The first-order valence-corrected chi connectivity index (χ1v) is 7.83. The van der Waals surface area contributed by atoms with E-state index in [1.54, 1.807) is 24.3 Å². The molecule has 126 valence electrons.